The maximum Gasteiger partial charge on any atom is 0.110 e. The van der Waals surface area contributed by atoms with Crippen molar-refractivity contribution in [2.75, 3.05) is 27.3 Å². The maximum absolute atomic E-state index is 5.76. The lowest BCUT2D eigenvalue weighted by Gasteiger charge is -2.24. The van der Waals surface area contributed by atoms with Crippen molar-refractivity contribution in [3.8, 4) is 0 Å². The number of likely N-dealkylation sites (N-methyl/N-ethyl adjacent to an activating group) is 1. The molecule has 0 radical (unpaired) electrons. The van der Waals surface area contributed by atoms with Gasteiger partial charge in [-0.2, -0.15) is 0 Å². The molecule has 0 bridgehead atoms. The van der Waals surface area contributed by atoms with E-state index < -0.39 is 0 Å². The summed E-state index contributed by atoms with van der Waals surface area (Å²) in [6, 6.07) is 0.372. The monoisotopic (exact) mass is 262 g/mol. The molecule has 1 heterocycles. The Balaban J connectivity index is 2.65. The third-order valence-corrected chi connectivity index (χ3v) is 3.83. The molecule has 1 aromatic heterocycles. The second kappa shape index (κ2) is 7.22. The standard InChI is InChI=1S/C11H19ClN2OS/c1-4-10(14(2)5-6-15-3)11-13-9(7-12)8-16-11/h8,10H,4-7H2,1-3H3. The highest BCUT2D eigenvalue weighted by Gasteiger charge is 2.18. The predicted molar refractivity (Wildman–Crippen MR) is 69.2 cm³/mol. The van der Waals surface area contributed by atoms with Crippen LogP contribution in [0.1, 0.15) is 30.1 Å². The number of halogens is 1. The highest BCUT2D eigenvalue weighted by molar-refractivity contribution is 7.09. The van der Waals surface area contributed by atoms with Crippen LogP contribution in [-0.2, 0) is 10.6 Å². The van der Waals surface area contributed by atoms with Gasteiger partial charge in [-0.1, -0.05) is 6.92 Å². The van der Waals surface area contributed by atoms with E-state index in [2.05, 4.69) is 23.9 Å². The summed E-state index contributed by atoms with van der Waals surface area (Å²) in [5.41, 5.74) is 0.972. The molecule has 0 saturated carbocycles. The Hall–Kier alpha value is -0.160. The SMILES string of the molecule is CCC(c1nc(CCl)cs1)N(C)CCOC. The van der Waals surface area contributed by atoms with E-state index in [1.165, 1.54) is 0 Å². The first-order chi connectivity index (χ1) is 7.72. The minimum Gasteiger partial charge on any atom is -0.383 e. The van der Waals surface area contributed by atoms with Gasteiger partial charge >= 0.3 is 0 Å². The molecule has 0 spiro atoms. The van der Waals surface area contributed by atoms with E-state index in [4.69, 9.17) is 16.3 Å². The number of thiazole rings is 1. The van der Waals surface area contributed by atoms with E-state index in [-0.39, 0.29) is 0 Å². The summed E-state index contributed by atoms with van der Waals surface area (Å²) in [7, 11) is 3.83. The molecule has 1 aromatic rings. The van der Waals surface area contributed by atoms with Gasteiger partial charge in [0.2, 0.25) is 0 Å². The van der Waals surface area contributed by atoms with Crippen LogP contribution in [0.3, 0.4) is 0 Å². The van der Waals surface area contributed by atoms with Crippen LogP contribution in [0.5, 0.6) is 0 Å². The molecule has 0 aliphatic rings. The van der Waals surface area contributed by atoms with E-state index in [9.17, 15) is 0 Å². The van der Waals surface area contributed by atoms with Crippen LogP contribution < -0.4 is 0 Å². The topological polar surface area (TPSA) is 25.4 Å². The summed E-state index contributed by atoms with van der Waals surface area (Å²) >= 11 is 7.45. The molecule has 5 heteroatoms. The third-order valence-electron chi connectivity index (χ3n) is 2.56. The Bertz CT molecular complexity index is 306. The number of ether oxygens (including phenoxy) is 1. The lowest BCUT2D eigenvalue weighted by molar-refractivity contribution is 0.137. The van der Waals surface area contributed by atoms with E-state index in [0.717, 1.165) is 30.3 Å². The van der Waals surface area contributed by atoms with Gasteiger partial charge in [-0.05, 0) is 13.5 Å². The molecule has 0 aliphatic carbocycles. The number of methoxy groups -OCH3 is 1. The minimum absolute atomic E-state index is 0.372. The van der Waals surface area contributed by atoms with E-state index in [1.807, 2.05) is 5.38 Å². The Morgan fingerprint density at radius 3 is 2.88 bits per heavy atom. The Morgan fingerprint density at radius 2 is 2.38 bits per heavy atom. The zero-order valence-corrected chi connectivity index (χ0v) is 11.6. The zero-order valence-electron chi connectivity index (χ0n) is 10.1. The number of alkyl halides is 1. The summed E-state index contributed by atoms with van der Waals surface area (Å²) in [5.74, 6) is 0.495. The molecule has 3 nitrogen and oxygen atoms in total. The Labute approximate surface area is 106 Å². The summed E-state index contributed by atoms with van der Waals surface area (Å²) < 4.78 is 5.09. The van der Waals surface area contributed by atoms with Crippen molar-refractivity contribution in [2.24, 2.45) is 0 Å². The van der Waals surface area contributed by atoms with Gasteiger partial charge < -0.3 is 4.74 Å². The molecule has 1 atom stereocenters. The van der Waals surface area contributed by atoms with Crippen LogP contribution in [0.2, 0.25) is 0 Å². The van der Waals surface area contributed by atoms with E-state index in [1.54, 1.807) is 18.4 Å². The van der Waals surface area contributed by atoms with Crippen molar-refractivity contribution in [1.82, 2.24) is 9.88 Å². The fraction of sp³-hybridized carbons (Fsp3) is 0.727. The van der Waals surface area contributed by atoms with Gasteiger partial charge in [0.15, 0.2) is 0 Å². The summed E-state index contributed by atoms with van der Waals surface area (Å²) in [6.45, 7) is 3.85. The molecular formula is C11H19ClN2OS. The van der Waals surface area contributed by atoms with Crippen LogP contribution >= 0.6 is 22.9 Å². The molecule has 0 N–H and O–H groups in total. The smallest absolute Gasteiger partial charge is 0.110 e. The van der Waals surface area contributed by atoms with E-state index in [0.29, 0.717) is 11.9 Å². The van der Waals surface area contributed by atoms with Gasteiger partial charge in [-0.25, -0.2) is 4.98 Å². The molecule has 0 aromatic carbocycles. The normalized spacial score (nSPS) is 13.3. The average Bonchev–Trinajstić information content (AvgIpc) is 2.76. The van der Waals surface area contributed by atoms with Gasteiger partial charge in [0, 0.05) is 19.0 Å². The molecule has 1 rings (SSSR count). The van der Waals surface area contributed by atoms with Crippen molar-refractivity contribution in [3.63, 3.8) is 0 Å². The number of hydrogen-bond donors (Lipinski definition) is 0. The number of nitrogens with zero attached hydrogens (tertiary/aromatic N) is 2. The second-order valence-electron chi connectivity index (χ2n) is 3.71. The van der Waals surface area contributed by atoms with Crippen LogP contribution in [-0.4, -0.2) is 37.2 Å². The molecule has 0 aliphatic heterocycles. The van der Waals surface area contributed by atoms with Crippen molar-refractivity contribution in [3.05, 3.63) is 16.1 Å². The fourth-order valence-corrected chi connectivity index (χ4v) is 2.90. The molecule has 0 fully saturated rings. The van der Waals surface area contributed by atoms with Gasteiger partial charge in [0.05, 0.1) is 24.2 Å². The van der Waals surface area contributed by atoms with Crippen molar-refractivity contribution < 1.29 is 4.74 Å². The maximum atomic E-state index is 5.76. The molecule has 16 heavy (non-hydrogen) atoms. The largest absolute Gasteiger partial charge is 0.383 e. The summed E-state index contributed by atoms with van der Waals surface area (Å²) in [4.78, 5) is 6.81. The first-order valence-corrected chi connectivity index (χ1v) is 6.83. The van der Waals surface area contributed by atoms with Gasteiger partial charge in [-0.3, -0.25) is 4.90 Å². The third kappa shape index (κ3) is 3.70. The van der Waals surface area contributed by atoms with E-state index >= 15 is 0 Å². The highest BCUT2D eigenvalue weighted by Crippen LogP contribution is 2.26. The van der Waals surface area contributed by atoms with Crippen molar-refractivity contribution in [2.45, 2.75) is 25.3 Å². The van der Waals surface area contributed by atoms with Crippen LogP contribution in [0.4, 0.5) is 0 Å². The number of aromatic nitrogens is 1. The lowest BCUT2D eigenvalue weighted by atomic mass is 10.2. The molecule has 1 unspecified atom stereocenters. The Kier molecular flexibility index (Phi) is 6.28. The lowest BCUT2D eigenvalue weighted by Crippen LogP contribution is -2.27. The van der Waals surface area contributed by atoms with Crippen LogP contribution in [0.15, 0.2) is 5.38 Å². The summed E-state index contributed by atoms with van der Waals surface area (Å²) in [5, 5.41) is 3.19. The quantitative estimate of drug-likeness (QED) is 0.707. The summed E-state index contributed by atoms with van der Waals surface area (Å²) in [6.07, 6.45) is 1.05. The zero-order chi connectivity index (χ0) is 12.0. The average molecular weight is 263 g/mol. The fourth-order valence-electron chi connectivity index (χ4n) is 1.60. The Morgan fingerprint density at radius 1 is 1.62 bits per heavy atom. The molecule has 92 valence electrons. The van der Waals surface area contributed by atoms with Crippen molar-refractivity contribution >= 4 is 22.9 Å². The minimum atomic E-state index is 0.372. The van der Waals surface area contributed by atoms with Crippen LogP contribution in [0, 0.1) is 0 Å². The highest BCUT2D eigenvalue weighted by atomic mass is 35.5. The molecule has 0 amide bonds. The molecular weight excluding hydrogens is 244 g/mol. The van der Waals surface area contributed by atoms with Gasteiger partial charge in [0.1, 0.15) is 5.01 Å². The van der Waals surface area contributed by atoms with Gasteiger partial charge in [0.25, 0.3) is 0 Å². The first kappa shape index (κ1) is 13.9. The van der Waals surface area contributed by atoms with Gasteiger partial charge in [-0.15, -0.1) is 22.9 Å². The number of rotatable bonds is 7. The van der Waals surface area contributed by atoms with Crippen LogP contribution in [0.25, 0.3) is 0 Å². The predicted octanol–water partition coefficient (Wildman–Crippen LogP) is 2.91. The molecule has 0 saturated heterocycles. The van der Waals surface area contributed by atoms with Crippen molar-refractivity contribution in [1.29, 1.82) is 0 Å². The first-order valence-electron chi connectivity index (χ1n) is 5.42. The second-order valence-corrected chi connectivity index (χ2v) is 4.87. The number of hydrogen-bond acceptors (Lipinski definition) is 4.